The number of aliphatic hydroxyl groups excluding tert-OH is 2. The predicted octanol–water partition coefficient (Wildman–Crippen LogP) is 14.0. The lowest BCUT2D eigenvalue weighted by atomic mass is 10.0. The lowest BCUT2D eigenvalue weighted by molar-refractivity contribution is -0.143. The average Bonchev–Trinajstić information content (AvgIpc) is 3.18. The molecule has 0 bridgehead atoms. The molecule has 0 spiro atoms. The van der Waals surface area contributed by atoms with Crippen molar-refractivity contribution in [3.63, 3.8) is 0 Å². The molecule has 0 rings (SSSR count). The van der Waals surface area contributed by atoms with Crippen LogP contribution in [0.4, 0.5) is 0 Å². The number of unbranched alkanes of at least 4 members (excludes halogenated alkanes) is 29. The van der Waals surface area contributed by atoms with Gasteiger partial charge < -0.3 is 20.3 Å². The molecule has 2 atom stereocenters. The molecule has 6 nitrogen and oxygen atoms in total. The van der Waals surface area contributed by atoms with E-state index in [4.69, 9.17) is 4.74 Å². The topological polar surface area (TPSA) is 95.9 Å². The highest BCUT2D eigenvalue weighted by Crippen LogP contribution is 2.15. The van der Waals surface area contributed by atoms with Crippen molar-refractivity contribution in [2.24, 2.45) is 0 Å². The van der Waals surface area contributed by atoms with E-state index in [2.05, 4.69) is 43.5 Å². The van der Waals surface area contributed by atoms with E-state index in [0.717, 1.165) is 77.0 Å². The molecule has 3 N–H and O–H groups in total. The number of carbonyl (C=O) groups is 2. The Balaban J connectivity index is 3.53. The van der Waals surface area contributed by atoms with Crippen LogP contribution in [0.25, 0.3) is 0 Å². The molecule has 324 valence electrons. The number of esters is 1. The lowest BCUT2D eigenvalue weighted by Crippen LogP contribution is -2.45. The predicted molar refractivity (Wildman–Crippen MR) is 236 cm³/mol. The van der Waals surface area contributed by atoms with E-state index in [1.54, 1.807) is 0 Å². The second kappa shape index (κ2) is 45.0. The van der Waals surface area contributed by atoms with Gasteiger partial charge in [-0.25, -0.2) is 0 Å². The first-order chi connectivity index (χ1) is 27.0. The first-order valence-electron chi connectivity index (χ1n) is 24.1. The van der Waals surface area contributed by atoms with E-state index in [1.165, 1.54) is 141 Å². The van der Waals surface area contributed by atoms with Gasteiger partial charge in [0.25, 0.3) is 0 Å². The maximum Gasteiger partial charge on any atom is 0.305 e. The maximum atomic E-state index is 12.4. The van der Waals surface area contributed by atoms with Crippen molar-refractivity contribution in [1.82, 2.24) is 5.32 Å². The molecular formula is C49H93NO5. The fourth-order valence-corrected chi connectivity index (χ4v) is 7.21. The minimum Gasteiger partial charge on any atom is -0.466 e. The first-order valence-corrected chi connectivity index (χ1v) is 24.1. The Morgan fingerprint density at radius 1 is 0.491 bits per heavy atom. The highest BCUT2D eigenvalue weighted by atomic mass is 16.5. The van der Waals surface area contributed by atoms with Crippen LogP contribution in [-0.2, 0) is 14.3 Å². The third-order valence-corrected chi connectivity index (χ3v) is 11.0. The van der Waals surface area contributed by atoms with Gasteiger partial charge in [-0.3, -0.25) is 9.59 Å². The molecule has 1 amide bonds. The Labute approximate surface area is 341 Å². The normalized spacial score (nSPS) is 12.9. The van der Waals surface area contributed by atoms with E-state index >= 15 is 0 Å². The summed E-state index contributed by atoms with van der Waals surface area (Å²) in [5.74, 6) is -0.0950. The molecule has 0 heterocycles. The van der Waals surface area contributed by atoms with Crippen LogP contribution in [0.1, 0.15) is 251 Å². The minimum absolute atomic E-state index is 0.0333. The largest absolute Gasteiger partial charge is 0.466 e. The van der Waals surface area contributed by atoms with E-state index in [9.17, 15) is 19.8 Å². The van der Waals surface area contributed by atoms with Crippen LogP contribution in [0.5, 0.6) is 0 Å². The lowest BCUT2D eigenvalue weighted by Gasteiger charge is -2.22. The summed E-state index contributed by atoms with van der Waals surface area (Å²) in [5, 5.41) is 23.2. The summed E-state index contributed by atoms with van der Waals surface area (Å²) in [6.45, 7) is 4.86. The van der Waals surface area contributed by atoms with Gasteiger partial charge in [0.2, 0.25) is 5.91 Å². The van der Waals surface area contributed by atoms with Gasteiger partial charge in [0.1, 0.15) is 0 Å². The molecule has 2 unspecified atom stereocenters. The van der Waals surface area contributed by atoms with Crippen molar-refractivity contribution in [3.8, 4) is 0 Å². The van der Waals surface area contributed by atoms with Gasteiger partial charge in [-0.1, -0.05) is 179 Å². The Kier molecular flexibility index (Phi) is 43.7. The summed E-state index contributed by atoms with van der Waals surface area (Å²) in [4.78, 5) is 24.4. The van der Waals surface area contributed by atoms with Crippen molar-refractivity contribution in [3.05, 3.63) is 24.3 Å². The third kappa shape index (κ3) is 41.8. The molecule has 55 heavy (non-hydrogen) atoms. The SMILES string of the molecule is CCCCC/C=C\CCCCCCCC(=O)OCCCCC/C=C\CCCCCCCC(=O)NC(CO)C(O)CCCCCCCCCCCCCCCC. The van der Waals surface area contributed by atoms with E-state index < -0.39 is 12.1 Å². The zero-order valence-electron chi connectivity index (χ0n) is 36.7. The maximum absolute atomic E-state index is 12.4. The van der Waals surface area contributed by atoms with E-state index in [-0.39, 0.29) is 18.5 Å². The number of rotatable bonds is 44. The molecule has 0 aromatic heterocycles. The smallest absolute Gasteiger partial charge is 0.305 e. The molecule has 6 heteroatoms. The van der Waals surface area contributed by atoms with Crippen LogP contribution < -0.4 is 5.32 Å². The zero-order chi connectivity index (χ0) is 40.1. The van der Waals surface area contributed by atoms with Gasteiger partial charge >= 0.3 is 5.97 Å². The molecule has 0 aromatic rings. The second-order valence-electron chi connectivity index (χ2n) is 16.4. The fraction of sp³-hybridized carbons (Fsp3) is 0.878. The summed E-state index contributed by atoms with van der Waals surface area (Å²) >= 11 is 0. The molecule has 0 aromatic carbocycles. The summed E-state index contributed by atoms with van der Waals surface area (Å²) in [6.07, 6.45) is 51.3. The molecule has 0 saturated heterocycles. The summed E-state index contributed by atoms with van der Waals surface area (Å²) in [5.41, 5.74) is 0. The van der Waals surface area contributed by atoms with Crippen LogP contribution in [-0.4, -0.2) is 47.4 Å². The number of aliphatic hydroxyl groups is 2. The first kappa shape index (κ1) is 53.3. The number of carbonyl (C=O) groups excluding carboxylic acids is 2. The molecule has 0 aliphatic carbocycles. The molecular weight excluding hydrogens is 683 g/mol. The Hall–Kier alpha value is -1.66. The number of nitrogens with one attached hydrogen (secondary N) is 1. The second-order valence-corrected chi connectivity index (χ2v) is 16.4. The number of ether oxygens (including phenoxy) is 1. The zero-order valence-corrected chi connectivity index (χ0v) is 36.7. The van der Waals surface area contributed by atoms with Crippen LogP contribution in [0, 0.1) is 0 Å². The van der Waals surface area contributed by atoms with Crippen LogP contribution in [0.3, 0.4) is 0 Å². The highest BCUT2D eigenvalue weighted by Gasteiger charge is 2.20. The van der Waals surface area contributed by atoms with Gasteiger partial charge in [-0.15, -0.1) is 0 Å². The Bertz CT molecular complexity index is 858. The summed E-state index contributed by atoms with van der Waals surface area (Å²) in [6, 6.07) is -0.559. The van der Waals surface area contributed by atoms with Gasteiger partial charge in [0.05, 0.1) is 25.4 Å². The molecule has 0 aliphatic rings. The van der Waals surface area contributed by atoms with E-state index in [0.29, 0.717) is 25.9 Å². The van der Waals surface area contributed by atoms with Gasteiger partial charge in [-0.2, -0.15) is 0 Å². The monoisotopic (exact) mass is 776 g/mol. The molecule has 0 aliphatic heterocycles. The molecule has 0 radical (unpaired) electrons. The van der Waals surface area contributed by atoms with Crippen LogP contribution in [0.2, 0.25) is 0 Å². The van der Waals surface area contributed by atoms with Crippen molar-refractivity contribution in [2.75, 3.05) is 13.2 Å². The Morgan fingerprint density at radius 2 is 0.855 bits per heavy atom. The number of hydrogen-bond acceptors (Lipinski definition) is 5. The van der Waals surface area contributed by atoms with Gasteiger partial charge in [0.15, 0.2) is 0 Å². The Morgan fingerprint density at radius 3 is 1.33 bits per heavy atom. The van der Waals surface area contributed by atoms with Crippen LogP contribution in [0.15, 0.2) is 24.3 Å². The molecule has 0 saturated carbocycles. The fourth-order valence-electron chi connectivity index (χ4n) is 7.21. The third-order valence-electron chi connectivity index (χ3n) is 11.0. The quantitative estimate of drug-likeness (QED) is 0.0325. The highest BCUT2D eigenvalue weighted by molar-refractivity contribution is 5.76. The van der Waals surface area contributed by atoms with Crippen LogP contribution >= 0.6 is 0 Å². The van der Waals surface area contributed by atoms with Gasteiger partial charge in [0, 0.05) is 12.8 Å². The summed E-state index contributed by atoms with van der Waals surface area (Å²) < 4.78 is 5.42. The standard InChI is InChI=1S/C49H93NO5/c1-3-5-7-9-11-13-15-17-18-21-25-29-33-37-41-47(52)46(45-51)50-48(53)42-38-34-30-26-22-19-20-24-28-32-36-40-44-55-49(54)43-39-35-31-27-23-16-14-12-10-8-6-4-2/h12,14,20,24,46-47,51-52H,3-11,13,15-19,21-23,25-45H2,1-2H3,(H,50,53)/b14-12-,24-20-. The van der Waals surface area contributed by atoms with Crippen molar-refractivity contribution >= 4 is 11.9 Å². The van der Waals surface area contributed by atoms with Crippen molar-refractivity contribution < 1.29 is 24.5 Å². The van der Waals surface area contributed by atoms with Crippen molar-refractivity contribution in [1.29, 1.82) is 0 Å². The molecule has 0 fully saturated rings. The number of hydrogen-bond donors (Lipinski definition) is 3. The summed E-state index contributed by atoms with van der Waals surface area (Å²) in [7, 11) is 0. The average molecular weight is 776 g/mol. The number of allylic oxidation sites excluding steroid dienone is 4. The minimum atomic E-state index is -0.679. The van der Waals surface area contributed by atoms with Gasteiger partial charge in [-0.05, 0) is 83.5 Å². The number of amides is 1. The van der Waals surface area contributed by atoms with E-state index in [1.807, 2.05) is 0 Å². The van der Waals surface area contributed by atoms with Crippen molar-refractivity contribution in [2.45, 2.75) is 264 Å².